The summed E-state index contributed by atoms with van der Waals surface area (Å²) in [4.78, 5) is 24.3. The molecule has 12 heavy (non-hydrogen) atoms. The van der Waals surface area contributed by atoms with Crippen molar-refractivity contribution in [2.75, 3.05) is 7.11 Å². The van der Waals surface area contributed by atoms with E-state index < -0.39 is 5.97 Å². The molecule has 0 fully saturated rings. The van der Waals surface area contributed by atoms with Gasteiger partial charge < -0.3 is 9.62 Å². The van der Waals surface area contributed by atoms with Crippen molar-refractivity contribution in [3.63, 3.8) is 0 Å². The summed E-state index contributed by atoms with van der Waals surface area (Å²) in [5, 5.41) is 7.85. The van der Waals surface area contributed by atoms with E-state index in [0.717, 1.165) is 0 Å². The maximum atomic E-state index is 10.5. The number of esters is 1. The van der Waals surface area contributed by atoms with Crippen LogP contribution >= 0.6 is 0 Å². The molecule has 0 heterocycles. The number of carbonyl (C=O) groups excluding carboxylic acids is 2. The molecular formula is C7H12O5. The SMILES string of the molecule is COC(=O)CCCCC(=O)OO. The second-order valence-corrected chi connectivity index (χ2v) is 2.25. The summed E-state index contributed by atoms with van der Waals surface area (Å²) in [6.45, 7) is 0. The summed E-state index contributed by atoms with van der Waals surface area (Å²) in [5.74, 6) is -0.979. The molecule has 0 saturated heterocycles. The highest BCUT2D eigenvalue weighted by molar-refractivity contribution is 5.70. The van der Waals surface area contributed by atoms with Gasteiger partial charge in [0.05, 0.1) is 7.11 Å². The minimum Gasteiger partial charge on any atom is -0.469 e. The second kappa shape index (κ2) is 6.60. The molecule has 5 heteroatoms. The van der Waals surface area contributed by atoms with E-state index in [4.69, 9.17) is 5.26 Å². The molecule has 0 amide bonds. The van der Waals surface area contributed by atoms with Crippen molar-refractivity contribution in [3.05, 3.63) is 0 Å². The highest BCUT2D eigenvalue weighted by atomic mass is 17.1. The van der Waals surface area contributed by atoms with Gasteiger partial charge >= 0.3 is 11.9 Å². The van der Waals surface area contributed by atoms with Gasteiger partial charge in [-0.25, -0.2) is 4.79 Å². The van der Waals surface area contributed by atoms with Gasteiger partial charge in [0.1, 0.15) is 0 Å². The van der Waals surface area contributed by atoms with E-state index in [-0.39, 0.29) is 18.8 Å². The molecule has 1 N–H and O–H groups in total. The maximum absolute atomic E-state index is 10.5. The van der Waals surface area contributed by atoms with Gasteiger partial charge in [0.15, 0.2) is 0 Å². The molecule has 0 unspecified atom stereocenters. The van der Waals surface area contributed by atoms with Gasteiger partial charge in [0.25, 0.3) is 0 Å². The van der Waals surface area contributed by atoms with Crippen LogP contribution in [0.2, 0.25) is 0 Å². The van der Waals surface area contributed by atoms with Crippen LogP contribution < -0.4 is 0 Å². The van der Waals surface area contributed by atoms with E-state index in [1.165, 1.54) is 7.11 Å². The van der Waals surface area contributed by atoms with Crippen LogP contribution in [0.3, 0.4) is 0 Å². The third kappa shape index (κ3) is 5.67. The fourth-order valence-electron chi connectivity index (χ4n) is 0.686. The van der Waals surface area contributed by atoms with Gasteiger partial charge in [-0.2, -0.15) is 5.26 Å². The van der Waals surface area contributed by atoms with E-state index in [1.54, 1.807) is 0 Å². The highest BCUT2D eigenvalue weighted by Gasteiger charge is 2.03. The number of ether oxygens (including phenoxy) is 1. The lowest BCUT2D eigenvalue weighted by atomic mass is 10.2. The molecule has 0 saturated carbocycles. The monoisotopic (exact) mass is 176 g/mol. The van der Waals surface area contributed by atoms with Gasteiger partial charge in [-0.05, 0) is 12.8 Å². The van der Waals surface area contributed by atoms with E-state index in [1.807, 2.05) is 0 Å². The van der Waals surface area contributed by atoms with Crippen molar-refractivity contribution in [1.29, 1.82) is 0 Å². The molecule has 0 bridgehead atoms. The van der Waals surface area contributed by atoms with E-state index in [0.29, 0.717) is 12.8 Å². The molecular weight excluding hydrogens is 164 g/mol. The number of carbonyl (C=O) groups is 2. The van der Waals surface area contributed by atoms with Crippen molar-refractivity contribution in [1.82, 2.24) is 0 Å². The Hall–Kier alpha value is -1.10. The average Bonchev–Trinajstić information content (AvgIpc) is 2.11. The highest BCUT2D eigenvalue weighted by Crippen LogP contribution is 2.01. The Morgan fingerprint density at radius 2 is 1.67 bits per heavy atom. The van der Waals surface area contributed by atoms with Gasteiger partial charge in [-0.3, -0.25) is 4.79 Å². The summed E-state index contributed by atoms with van der Waals surface area (Å²) in [6.07, 6.45) is 1.47. The molecule has 0 aliphatic carbocycles. The fourth-order valence-corrected chi connectivity index (χ4v) is 0.686. The molecule has 0 aliphatic rings. The Balaban J connectivity index is 3.21. The van der Waals surface area contributed by atoms with Crippen LogP contribution in [-0.2, 0) is 19.2 Å². The molecule has 5 nitrogen and oxygen atoms in total. The Kier molecular flexibility index (Phi) is 6.00. The maximum Gasteiger partial charge on any atom is 0.342 e. The Labute approximate surface area is 70.2 Å². The van der Waals surface area contributed by atoms with Crippen molar-refractivity contribution in [2.24, 2.45) is 0 Å². The summed E-state index contributed by atoms with van der Waals surface area (Å²) in [7, 11) is 1.31. The standard InChI is InChI=1S/C7H12O5/c1-11-6(8)4-2-3-5-7(9)12-10/h10H,2-5H2,1H3. The lowest BCUT2D eigenvalue weighted by Crippen LogP contribution is -2.02. The Morgan fingerprint density at radius 1 is 1.17 bits per heavy atom. The van der Waals surface area contributed by atoms with Gasteiger partial charge in [-0.1, -0.05) is 0 Å². The van der Waals surface area contributed by atoms with Crippen LogP contribution in [0.5, 0.6) is 0 Å². The molecule has 0 rings (SSSR count). The molecule has 0 radical (unpaired) electrons. The van der Waals surface area contributed by atoms with Crippen LogP contribution in [0.25, 0.3) is 0 Å². The number of rotatable bonds is 5. The van der Waals surface area contributed by atoms with Crippen molar-refractivity contribution < 1.29 is 24.5 Å². The van der Waals surface area contributed by atoms with Crippen molar-refractivity contribution in [3.8, 4) is 0 Å². The summed E-state index contributed by atoms with van der Waals surface area (Å²) >= 11 is 0. The molecule has 0 aliphatic heterocycles. The first-order valence-corrected chi connectivity index (χ1v) is 3.61. The predicted molar refractivity (Wildman–Crippen MR) is 39.2 cm³/mol. The van der Waals surface area contributed by atoms with Crippen LogP contribution in [0, 0.1) is 0 Å². The Morgan fingerprint density at radius 3 is 2.08 bits per heavy atom. The predicted octanol–water partition coefficient (Wildman–Crippen LogP) is 0.736. The molecule has 0 aromatic heterocycles. The quantitative estimate of drug-likeness (QED) is 0.289. The minimum atomic E-state index is -0.681. The lowest BCUT2D eigenvalue weighted by Gasteiger charge is -1.97. The number of hydrogen-bond donors (Lipinski definition) is 1. The number of hydrogen-bond acceptors (Lipinski definition) is 5. The van der Waals surface area contributed by atoms with Crippen molar-refractivity contribution >= 4 is 11.9 Å². The smallest absolute Gasteiger partial charge is 0.342 e. The molecule has 0 spiro atoms. The van der Waals surface area contributed by atoms with Crippen LogP contribution in [0.4, 0.5) is 0 Å². The summed E-state index contributed by atoms with van der Waals surface area (Å²) < 4.78 is 4.38. The van der Waals surface area contributed by atoms with Crippen LogP contribution in [-0.4, -0.2) is 24.3 Å². The zero-order valence-corrected chi connectivity index (χ0v) is 6.91. The zero-order valence-electron chi connectivity index (χ0n) is 6.91. The average molecular weight is 176 g/mol. The van der Waals surface area contributed by atoms with Gasteiger partial charge in [0.2, 0.25) is 0 Å². The zero-order chi connectivity index (χ0) is 9.40. The summed E-state index contributed by atoms with van der Waals surface area (Å²) in [5.41, 5.74) is 0. The number of unbranched alkanes of at least 4 members (excludes halogenated alkanes) is 1. The summed E-state index contributed by atoms with van der Waals surface area (Å²) in [6, 6.07) is 0. The van der Waals surface area contributed by atoms with E-state index in [2.05, 4.69) is 9.62 Å². The Bertz CT molecular complexity index is 136. The normalized spacial score (nSPS) is 9.17. The van der Waals surface area contributed by atoms with Gasteiger partial charge in [0, 0.05) is 12.8 Å². The second-order valence-electron chi connectivity index (χ2n) is 2.25. The molecule has 70 valence electrons. The fraction of sp³-hybridized carbons (Fsp3) is 0.714. The molecule has 0 aromatic rings. The number of methoxy groups -OCH3 is 1. The van der Waals surface area contributed by atoms with E-state index in [9.17, 15) is 9.59 Å². The lowest BCUT2D eigenvalue weighted by molar-refractivity contribution is -0.234. The molecule has 0 aromatic carbocycles. The van der Waals surface area contributed by atoms with Crippen molar-refractivity contribution in [2.45, 2.75) is 25.7 Å². The molecule has 0 atom stereocenters. The first-order valence-electron chi connectivity index (χ1n) is 3.61. The third-order valence-electron chi connectivity index (χ3n) is 1.34. The van der Waals surface area contributed by atoms with Crippen LogP contribution in [0.1, 0.15) is 25.7 Å². The first kappa shape index (κ1) is 10.9. The van der Waals surface area contributed by atoms with Crippen LogP contribution in [0.15, 0.2) is 0 Å². The van der Waals surface area contributed by atoms with Gasteiger partial charge in [-0.15, -0.1) is 0 Å². The minimum absolute atomic E-state index is 0.119. The topological polar surface area (TPSA) is 72.8 Å². The first-order chi connectivity index (χ1) is 5.70. The van der Waals surface area contributed by atoms with E-state index >= 15 is 0 Å². The largest absolute Gasteiger partial charge is 0.469 e. The third-order valence-corrected chi connectivity index (χ3v) is 1.34.